The molecule has 0 bridgehead atoms. The van der Waals surface area contributed by atoms with Crippen LogP contribution >= 0.6 is 0 Å². The van der Waals surface area contributed by atoms with Gasteiger partial charge in [0.15, 0.2) is 0 Å². The van der Waals surface area contributed by atoms with E-state index < -0.39 is 5.97 Å². The summed E-state index contributed by atoms with van der Waals surface area (Å²) in [6.07, 6.45) is 0. The molecule has 1 aromatic heterocycles. The van der Waals surface area contributed by atoms with Crippen LogP contribution in [0.4, 0.5) is 0 Å². The number of oxazole rings is 1. The molecule has 0 unspecified atom stereocenters. The van der Waals surface area contributed by atoms with Crippen LogP contribution in [-0.2, 0) is 4.74 Å². The van der Waals surface area contributed by atoms with Crippen molar-refractivity contribution in [1.29, 1.82) is 0 Å². The van der Waals surface area contributed by atoms with Gasteiger partial charge in [-0.3, -0.25) is 0 Å². The lowest BCUT2D eigenvalue weighted by atomic mass is 10.2. The number of aryl methyl sites for hydroxylation is 1. The molecule has 19 heavy (non-hydrogen) atoms. The van der Waals surface area contributed by atoms with Gasteiger partial charge in [-0.2, -0.15) is 0 Å². The molecule has 100 valence electrons. The molecule has 2 aromatic rings. The van der Waals surface area contributed by atoms with Crippen molar-refractivity contribution in [1.82, 2.24) is 4.98 Å². The molecular weight excluding hydrogens is 246 g/mol. The summed E-state index contributed by atoms with van der Waals surface area (Å²) in [7, 11) is 1.57. The van der Waals surface area contributed by atoms with Crippen molar-refractivity contribution in [2.24, 2.45) is 0 Å². The summed E-state index contributed by atoms with van der Waals surface area (Å²) in [6.45, 7) is 3.74. The molecule has 5 heteroatoms. The highest BCUT2D eigenvalue weighted by Gasteiger charge is 2.20. The Morgan fingerprint density at radius 3 is 2.79 bits per heavy atom. The first kappa shape index (κ1) is 13.1. The topological polar surface area (TPSA) is 61.6 Å². The van der Waals surface area contributed by atoms with Crippen LogP contribution in [0.2, 0.25) is 0 Å². The molecule has 0 saturated carbocycles. The summed E-state index contributed by atoms with van der Waals surface area (Å²) in [5.41, 5.74) is 1.20. The second-order valence-electron chi connectivity index (χ2n) is 3.85. The summed E-state index contributed by atoms with van der Waals surface area (Å²) in [6, 6.07) is 7.32. The molecule has 0 aliphatic heterocycles. The number of rotatable bonds is 4. The van der Waals surface area contributed by atoms with Crippen LogP contribution in [-0.4, -0.2) is 24.7 Å². The maximum atomic E-state index is 11.7. The van der Waals surface area contributed by atoms with Crippen LogP contribution in [0.25, 0.3) is 11.5 Å². The fourth-order valence-electron chi connectivity index (χ4n) is 1.72. The molecule has 2 rings (SSSR count). The molecule has 5 nitrogen and oxygen atoms in total. The van der Waals surface area contributed by atoms with Gasteiger partial charge >= 0.3 is 5.97 Å². The Labute approximate surface area is 111 Å². The number of benzene rings is 1. The third-order valence-electron chi connectivity index (χ3n) is 2.59. The van der Waals surface area contributed by atoms with E-state index in [1.807, 2.05) is 18.2 Å². The molecule has 0 spiro atoms. The minimum absolute atomic E-state index is 0.128. The van der Waals surface area contributed by atoms with Crippen LogP contribution in [0.5, 0.6) is 5.75 Å². The standard InChI is InChI=1S/C14H15NO4/c1-4-18-14(16)12-9(2)15-13(19-12)10-7-5-6-8-11(10)17-3/h5-8H,4H2,1-3H3. The Bertz CT molecular complexity index is 589. The second kappa shape index (κ2) is 5.56. The number of nitrogens with zero attached hydrogens (tertiary/aromatic N) is 1. The van der Waals surface area contributed by atoms with Gasteiger partial charge in [-0.25, -0.2) is 9.78 Å². The highest BCUT2D eigenvalue weighted by atomic mass is 16.5. The van der Waals surface area contributed by atoms with Gasteiger partial charge < -0.3 is 13.9 Å². The van der Waals surface area contributed by atoms with Crippen molar-refractivity contribution < 1.29 is 18.7 Å². The van der Waals surface area contributed by atoms with Gasteiger partial charge in [-0.05, 0) is 26.0 Å². The molecule has 0 atom stereocenters. The SMILES string of the molecule is CCOC(=O)c1oc(-c2ccccc2OC)nc1C. The van der Waals surface area contributed by atoms with Crippen molar-refractivity contribution in [3.05, 3.63) is 35.7 Å². The van der Waals surface area contributed by atoms with E-state index >= 15 is 0 Å². The fraction of sp³-hybridized carbons (Fsp3) is 0.286. The summed E-state index contributed by atoms with van der Waals surface area (Å²) in [5, 5.41) is 0. The van der Waals surface area contributed by atoms with Crippen molar-refractivity contribution in [2.75, 3.05) is 13.7 Å². The smallest absolute Gasteiger partial charge is 0.376 e. The first-order chi connectivity index (χ1) is 9.17. The van der Waals surface area contributed by atoms with Gasteiger partial charge in [0, 0.05) is 0 Å². The normalized spacial score (nSPS) is 10.3. The molecule has 0 N–H and O–H groups in total. The Balaban J connectivity index is 2.42. The summed E-state index contributed by atoms with van der Waals surface area (Å²) >= 11 is 0. The number of aromatic nitrogens is 1. The zero-order valence-electron chi connectivity index (χ0n) is 11.1. The molecule has 0 aliphatic carbocycles. The maximum Gasteiger partial charge on any atom is 0.376 e. The lowest BCUT2D eigenvalue weighted by Gasteiger charge is -2.03. The average Bonchev–Trinajstić information content (AvgIpc) is 2.81. The van der Waals surface area contributed by atoms with Crippen LogP contribution in [0.15, 0.2) is 28.7 Å². The van der Waals surface area contributed by atoms with Crippen molar-refractivity contribution in [3.63, 3.8) is 0 Å². The molecule has 1 heterocycles. The van der Waals surface area contributed by atoms with Crippen molar-refractivity contribution in [2.45, 2.75) is 13.8 Å². The summed E-state index contributed by atoms with van der Waals surface area (Å²) < 4.78 is 15.6. The number of hydrogen-bond donors (Lipinski definition) is 0. The number of carbonyl (C=O) groups excluding carboxylic acids is 1. The predicted molar refractivity (Wildman–Crippen MR) is 69.2 cm³/mol. The highest BCUT2D eigenvalue weighted by Crippen LogP contribution is 2.30. The number of para-hydroxylation sites is 1. The lowest BCUT2D eigenvalue weighted by Crippen LogP contribution is -2.04. The van der Waals surface area contributed by atoms with E-state index in [-0.39, 0.29) is 5.76 Å². The van der Waals surface area contributed by atoms with E-state index in [1.165, 1.54) is 0 Å². The first-order valence-electron chi connectivity index (χ1n) is 5.95. The Morgan fingerprint density at radius 2 is 2.11 bits per heavy atom. The van der Waals surface area contributed by atoms with Gasteiger partial charge in [-0.15, -0.1) is 0 Å². The van der Waals surface area contributed by atoms with Crippen molar-refractivity contribution >= 4 is 5.97 Å². The van der Waals surface area contributed by atoms with E-state index in [0.717, 1.165) is 0 Å². The molecule has 1 aromatic carbocycles. The second-order valence-corrected chi connectivity index (χ2v) is 3.85. The maximum absolute atomic E-state index is 11.7. The quantitative estimate of drug-likeness (QED) is 0.792. The monoisotopic (exact) mass is 261 g/mol. The van der Waals surface area contributed by atoms with Gasteiger partial charge in [-0.1, -0.05) is 12.1 Å². The number of methoxy groups -OCH3 is 1. The Hall–Kier alpha value is -2.30. The third-order valence-corrected chi connectivity index (χ3v) is 2.59. The van der Waals surface area contributed by atoms with Crippen molar-refractivity contribution in [3.8, 4) is 17.2 Å². The molecule has 0 amide bonds. The highest BCUT2D eigenvalue weighted by molar-refractivity contribution is 5.88. The van der Waals surface area contributed by atoms with Gasteiger partial charge in [0.05, 0.1) is 25.0 Å². The van der Waals surface area contributed by atoms with E-state index in [1.54, 1.807) is 27.0 Å². The Morgan fingerprint density at radius 1 is 1.37 bits per heavy atom. The average molecular weight is 261 g/mol. The molecule has 0 radical (unpaired) electrons. The van der Waals surface area contributed by atoms with Gasteiger partial charge in [0.1, 0.15) is 5.75 Å². The number of esters is 1. The fourth-order valence-corrected chi connectivity index (χ4v) is 1.72. The van der Waals surface area contributed by atoms with E-state index in [4.69, 9.17) is 13.9 Å². The minimum Gasteiger partial charge on any atom is -0.496 e. The van der Waals surface area contributed by atoms with E-state index in [9.17, 15) is 4.79 Å². The Kier molecular flexibility index (Phi) is 3.85. The minimum atomic E-state index is -0.506. The summed E-state index contributed by atoms with van der Waals surface area (Å²) in [5.74, 6) is 0.605. The molecular formula is C14H15NO4. The van der Waals surface area contributed by atoms with E-state index in [0.29, 0.717) is 29.5 Å². The number of ether oxygens (including phenoxy) is 2. The number of carbonyl (C=O) groups is 1. The zero-order chi connectivity index (χ0) is 13.8. The first-order valence-corrected chi connectivity index (χ1v) is 5.95. The van der Waals surface area contributed by atoms with Crippen LogP contribution in [0, 0.1) is 6.92 Å². The van der Waals surface area contributed by atoms with Crippen LogP contribution in [0.3, 0.4) is 0 Å². The largest absolute Gasteiger partial charge is 0.496 e. The van der Waals surface area contributed by atoms with E-state index in [2.05, 4.69) is 4.98 Å². The molecule has 0 fully saturated rings. The van der Waals surface area contributed by atoms with Gasteiger partial charge in [0.2, 0.25) is 11.7 Å². The van der Waals surface area contributed by atoms with Crippen LogP contribution in [0.1, 0.15) is 23.2 Å². The van der Waals surface area contributed by atoms with Crippen LogP contribution < -0.4 is 4.74 Å². The molecule has 0 aliphatic rings. The zero-order valence-corrected chi connectivity index (χ0v) is 11.1. The summed E-state index contributed by atoms with van der Waals surface area (Å²) in [4.78, 5) is 15.9. The lowest BCUT2D eigenvalue weighted by molar-refractivity contribution is 0.0490. The number of hydrogen-bond acceptors (Lipinski definition) is 5. The molecule has 0 saturated heterocycles. The predicted octanol–water partition coefficient (Wildman–Crippen LogP) is 2.84. The van der Waals surface area contributed by atoms with Gasteiger partial charge in [0.25, 0.3) is 0 Å². The third kappa shape index (κ3) is 2.59.